The Morgan fingerprint density at radius 3 is 2.28 bits per heavy atom. The largest absolute Gasteiger partial charge is 0.493 e. The monoisotopic (exact) mass is 525 g/mol. The van der Waals surface area contributed by atoms with Crippen LogP contribution in [0.4, 0.5) is 4.39 Å². The molecule has 2 N–H and O–H groups in total. The number of carbonyl (C=O) groups excluding carboxylic acids is 2. The lowest BCUT2D eigenvalue weighted by atomic mass is 10.0. The first kappa shape index (κ1) is 27.1. The Hall–Kier alpha value is -4.98. The summed E-state index contributed by atoms with van der Waals surface area (Å²) in [5, 5.41) is 7.00. The van der Waals surface area contributed by atoms with Crippen molar-refractivity contribution in [1.82, 2.24) is 10.7 Å². The highest BCUT2D eigenvalue weighted by Gasteiger charge is 2.19. The SMILES string of the molecule is COc1cc(/C=N\NC(=O)C[C@@H](NC(=O)c2ccccc2)c2ccccc2)ccc1OCc1ccc(F)cc1. The van der Waals surface area contributed by atoms with Crippen LogP contribution in [0.2, 0.25) is 0 Å². The molecule has 0 aliphatic rings. The van der Waals surface area contributed by atoms with E-state index in [1.807, 2.05) is 36.4 Å². The predicted octanol–water partition coefficient (Wildman–Crippen LogP) is 5.42. The van der Waals surface area contributed by atoms with Crippen LogP contribution in [0, 0.1) is 5.82 Å². The number of hydrogen-bond acceptors (Lipinski definition) is 5. The highest BCUT2D eigenvalue weighted by atomic mass is 19.1. The summed E-state index contributed by atoms with van der Waals surface area (Å²) < 4.78 is 24.3. The number of methoxy groups -OCH3 is 1. The zero-order valence-corrected chi connectivity index (χ0v) is 21.3. The van der Waals surface area contributed by atoms with Gasteiger partial charge in [0.1, 0.15) is 12.4 Å². The Kier molecular flexibility index (Phi) is 9.39. The second-order valence-corrected chi connectivity index (χ2v) is 8.63. The number of ether oxygens (including phenoxy) is 2. The van der Waals surface area contributed by atoms with Crippen molar-refractivity contribution in [2.24, 2.45) is 5.10 Å². The second kappa shape index (κ2) is 13.5. The van der Waals surface area contributed by atoms with Crippen LogP contribution in [0.15, 0.2) is 108 Å². The lowest BCUT2D eigenvalue weighted by Crippen LogP contribution is -2.32. The molecule has 2 amide bonds. The minimum atomic E-state index is -0.535. The number of hydrazone groups is 1. The third kappa shape index (κ3) is 8.00. The van der Waals surface area contributed by atoms with Gasteiger partial charge >= 0.3 is 0 Å². The van der Waals surface area contributed by atoms with Crippen LogP contribution in [0.25, 0.3) is 0 Å². The van der Waals surface area contributed by atoms with Crippen molar-refractivity contribution in [3.63, 3.8) is 0 Å². The van der Waals surface area contributed by atoms with Crippen LogP contribution in [-0.2, 0) is 11.4 Å². The molecule has 198 valence electrons. The van der Waals surface area contributed by atoms with E-state index < -0.39 is 6.04 Å². The van der Waals surface area contributed by atoms with E-state index in [0.29, 0.717) is 22.6 Å². The molecule has 0 aliphatic carbocycles. The van der Waals surface area contributed by atoms with Crippen molar-refractivity contribution in [2.75, 3.05) is 7.11 Å². The summed E-state index contributed by atoms with van der Waals surface area (Å²) in [6, 6.07) is 28.9. The Balaban J connectivity index is 1.36. The van der Waals surface area contributed by atoms with Gasteiger partial charge in [-0.05, 0) is 59.2 Å². The molecule has 7 nitrogen and oxygen atoms in total. The maximum Gasteiger partial charge on any atom is 0.251 e. The first-order valence-electron chi connectivity index (χ1n) is 12.3. The molecule has 0 heterocycles. The molecule has 0 aromatic heterocycles. The fraction of sp³-hybridized carbons (Fsp3) is 0.129. The van der Waals surface area contributed by atoms with Gasteiger partial charge in [0.25, 0.3) is 5.91 Å². The molecule has 8 heteroatoms. The number of nitrogens with one attached hydrogen (secondary N) is 2. The van der Waals surface area contributed by atoms with Gasteiger partial charge in [0.15, 0.2) is 11.5 Å². The van der Waals surface area contributed by atoms with Crippen LogP contribution in [0.3, 0.4) is 0 Å². The average molecular weight is 526 g/mol. The van der Waals surface area contributed by atoms with Gasteiger partial charge in [-0.25, -0.2) is 9.82 Å². The lowest BCUT2D eigenvalue weighted by Gasteiger charge is -2.18. The van der Waals surface area contributed by atoms with Crippen molar-refractivity contribution in [1.29, 1.82) is 0 Å². The zero-order valence-electron chi connectivity index (χ0n) is 21.3. The third-order valence-electron chi connectivity index (χ3n) is 5.83. The Morgan fingerprint density at radius 2 is 1.59 bits per heavy atom. The summed E-state index contributed by atoms with van der Waals surface area (Å²) >= 11 is 0. The van der Waals surface area contributed by atoms with Crippen LogP contribution in [0.5, 0.6) is 11.5 Å². The normalized spacial score (nSPS) is 11.5. The number of hydrogen-bond donors (Lipinski definition) is 2. The molecule has 4 aromatic rings. The highest BCUT2D eigenvalue weighted by molar-refractivity contribution is 5.94. The molecule has 0 unspecified atom stereocenters. The minimum Gasteiger partial charge on any atom is -0.493 e. The average Bonchev–Trinajstić information content (AvgIpc) is 2.97. The molecule has 4 aromatic carbocycles. The molecule has 0 bridgehead atoms. The number of rotatable bonds is 11. The smallest absolute Gasteiger partial charge is 0.251 e. The molecular weight excluding hydrogens is 497 g/mol. The van der Waals surface area contributed by atoms with Crippen LogP contribution >= 0.6 is 0 Å². The topological polar surface area (TPSA) is 89.0 Å². The zero-order chi connectivity index (χ0) is 27.5. The van der Waals surface area contributed by atoms with Gasteiger partial charge in [-0.2, -0.15) is 5.10 Å². The maximum absolute atomic E-state index is 13.1. The van der Waals surface area contributed by atoms with Crippen LogP contribution in [-0.4, -0.2) is 25.1 Å². The molecule has 0 saturated heterocycles. The number of benzene rings is 4. The summed E-state index contributed by atoms with van der Waals surface area (Å²) in [5.74, 6) is 0.0666. The van der Waals surface area contributed by atoms with Crippen molar-refractivity contribution in [2.45, 2.75) is 19.1 Å². The van der Waals surface area contributed by atoms with Crippen LogP contribution < -0.4 is 20.2 Å². The molecule has 0 radical (unpaired) electrons. The standard InChI is InChI=1S/C31H28FN3O4/c1-38-29-18-23(14-17-28(29)39-21-22-12-15-26(32)16-13-22)20-33-35-30(36)19-27(24-8-4-2-5-9-24)34-31(37)25-10-6-3-7-11-25/h2-18,20,27H,19,21H2,1H3,(H,34,37)(H,35,36)/b33-20-/t27-/m1/s1. The lowest BCUT2D eigenvalue weighted by molar-refractivity contribution is -0.121. The Labute approximate surface area is 226 Å². The summed E-state index contributed by atoms with van der Waals surface area (Å²) in [6.07, 6.45) is 1.49. The summed E-state index contributed by atoms with van der Waals surface area (Å²) in [6.45, 7) is 0.253. The van der Waals surface area contributed by atoms with E-state index in [9.17, 15) is 14.0 Å². The van der Waals surface area contributed by atoms with Gasteiger partial charge in [-0.3, -0.25) is 9.59 Å². The summed E-state index contributed by atoms with van der Waals surface area (Å²) in [5.41, 5.74) is 5.34. The van der Waals surface area contributed by atoms with E-state index in [-0.39, 0.29) is 30.7 Å². The third-order valence-corrected chi connectivity index (χ3v) is 5.83. The summed E-state index contributed by atoms with van der Waals surface area (Å²) in [7, 11) is 1.52. The number of nitrogens with zero attached hydrogens (tertiary/aromatic N) is 1. The molecule has 4 rings (SSSR count). The fourth-order valence-corrected chi connectivity index (χ4v) is 3.80. The molecule has 0 saturated carbocycles. The van der Waals surface area contributed by atoms with Gasteiger partial charge in [0.05, 0.1) is 25.8 Å². The molecule has 39 heavy (non-hydrogen) atoms. The van der Waals surface area contributed by atoms with Crippen molar-refractivity contribution in [3.05, 3.63) is 131 Å². The molecule has 0 aliphatic heterocycles. The second-order valence-electron chi connectivity index (χ2n) is 8.63. The van der Waals surface area contributed by atoms with Gasteiger partial charge in [0, 0.05) is 5.56 Å². The highest BCUT2D eigenvalue weighted by Crippen LogP contribution is 2.28. The number of halogens is 1. The predicted molar refractivity (Wildman–Crippen MR) is 147 cm³/mol. The van der Waals surface area contributed by atoms with Gasteiger partial charge in [-0.15, -0.1) is 0 Å². The molecule has 0 spiro atoms. The maximum atomic E-state index is 13.1. The number of carbonyl (C=O) groups is 2. The Morgan fingerprint density at radius 1 is 0.897 bits per heavy atom. The van der Waals surface area contributed by atoms with Crippen molar-refractivity contribution < 1.29 is 23.5 Å². The quantitative estimate of drug-likeness (QED) is 0.202. The van der Waals surface area contributed by atoms with E-state index in [1.54, 1.807) is 54.6 Å². The Bertz CT molecular complexity index is 1410. The minimum absolute atomic E-state index is 0.000584. The first-order valence-corrected chi connectivity index (χ1v) is 12.3. The molecular formula is C31H28FN3O4. The van der Waals surface area contributed by atoms with Crippen LogP contribution in [0.1, 0.15) is 39.5 Å². The van der Waals surface area contributed by atoms with Crippen molar-refractivity contribution in [3.8, 4) is 11.5 Å². The van der Waals surface area contributed by atoms with E-state index in [1.165, 1.54) is 25.5 Å². The molecule has 1 atom stereocenters. The van der Waals surface area contributed by atoms with Gasteiger partial charge < -0.3 is 14.8 Å². The first-order chi connectivity index (χ1) is 19.0. The fourth-order valence-electron chi connectivity index (χ4n) is 3.80. The van der Waals surface area contributed by atoms with Gasteiger partial charge in [-0.1, -0.05) is 60.7 Å². The van der Waals surface area contributed by atoms with E-state index in [0.717, 1.165) is 11.1 Å². The van der Waals surface area contributed by atoms with E-state index in [4.69, 9.17) is 9.47 Å². The van der Waals surface area contributed by atoms with Gasteiger partial charge in [0.2, 0.25) is 5.91 Å². The number of amides is 2. The summed E-state index contributed by atoms with van der Waals surface area (Å²) in [4.78, 5) is 25.4. The molecule has 0 fully saturated rings. The van der Waals surface area contributed by atoms with Crippen molar-refractivity contribution >= 4 is 18.0 Å². The van der Waals surface area contributed by atoms with E-state index in [2.05, 4.69) is 15.8 Å². The van der Waals surface area contributed by atoms with E-state index >= 15 is 0 Å².